The van der Waals surface area contributed by atoms with Gasteiger partial charge in [-0.15, -0.1) is 0 Å². The lowest BCUT2D eigenvalue weighted by molar-refractivity contribution is -0.644. The Labute approximate surface area is 208 Å². The molecule has 1 unspecified atom stereocenters. The Kier molecular flexibility index (Phi) is 6.76. The van der Waals surface area contributed by atoms with E-state index >= 15 is 0 Å². The second kappa shape index (κ2) is 9.51. The van der Waals surface area contributed by atoms with Gasteiger partial charge in [0, 0.05) is 23.6 Å². The van der Waals surface area contributed by atoms with Crippen LogP contribution in [-0.2, 0) is 12.6 Å². The summed E-state index contributed by atoms with van der Waals surface area (Å²) in [4.78, 5) is 19.8. The molecular weight excluding hydrogens is 502 g/mol. The van der Waals surface area contributed by atoms with Crippen LogP contribution in [0.3, 0.4) is 0 Å². The SMILES string of the molecule is COc1ccc(C(O)(CCC(=O)c2ccc3c(c2)[nH]c[n+]3C)C(F)(F)F)nc1-c1ccc(F)c(Cl)c1. The average Bonchev–Trinajstić information content (AvgIpc) is 3.22. The predicted octanol–water partition coefficient (Wildman–Crippen LogP) is 5.27. The van der Waals surface area contributed by atoms with Gasteiger partial charge in [-0.3, -0.25) is 4.79 Å². The Hall–Kier alpha value is -3.50. The highest BCUT2D eigenvalue weighted by Crippen LogP contribution is 2.43. The summed E-state index contributed by atoms with van der Waals surface area (Å²) in [6.45, 7) is 0. The minimum atomic E-state index is -5.15. The molecule has 0 aliphatic rings. The molecule has 0 aliphatic heterocycles. The van der Waals surface area contributed by atoms with Gasteiger partial charge in [0.05, 0.1) is 24.9 Å². The summed E-state index contributed by atoms with van der Waals surface area (Å²) in [6.07, 6.45) is -5.03. The van der Waals surface area contributed by atoms with Crippen molar-refractivity contribution >= 4 is 28.4 Å². The normalized spacial score (nSPS) is 13.6. The van der Waals surface area contributed by atoms with E-state index in [2.05, 4.69) is 9.97 Å². The van der Waals surface area contributed by atoms with Crippen LogP contribution < -0.4 is 9.30 Å². The number of aromatic nitrogens is 3. The van der Waals surface area contributed by atoms with Gasteiger partial charge in [-0.05, 0) is 48.9 Å². The number of nitrogens with one attached hydrogen (secondary N) is 1. The number of imidazole rings is 1. The molecule has 11 heteroatoms. The number of H-pyrrole nitrogens is 1. The molecule has 2 aromatic heterocycles. The molecule has 0 aliphatic carbocycles. The molecule has 4 rings (SSSR count). The first-order valence-corrected chi connectivity index (χ1v) is 11.1. The number of ketones is 1. The first-order chi connectivity index (χ1) is 16.9. The van der Waals surface area contributed by atoms with E-state index in [9.17, 15) is 27.5 Å². The molecule has 0 amide bonds. The fourth-order valence-electron chi connectivity index (χ4n) is 3.91. The Morgan fingerprint density at radius 2 is 1.92 bits per heavy atom. The zero-order valence-electron chi connectivity index (χ0n) is 19.2. The van der Waals surface area contributed by atoms with Gasteiger partial charge in [0.25, 0.3) is 0 Å². The minimum Gasteiger partial charge on any atom is -0.494 e. The van der Waals surface area contributed by atoms with Crippen molar-refractivity contribution in [3.63, 3.8) is 0 Å². The topological polar surface area (TPSA) is 79.1 Å². The van der Waals surface area contributed by atoms with E-state index in [0.717, 1.165) is 17.6 Å². The molecule has 2 N–H and O–H groups in total. The molecule has 0 saturated carbocycles. The number of hydrogen-bond acceptors (Lipinski definition) is 4. The third-order valence-electron chi connectivity index (χ3n) is 5.99. The Morgan fingerprint density at radius 1 is 1.17 bits per heavy atom. The van der Waals surface area contributed by atoms with E-state index in [1.807, 2.05) is 0 Å². The largest absolute Gasteiger partial charge is 0.494 e. The molecule has 0 bridgehead atoms. The van der Waals surface area contributed by atoms with Crippen LogP contribution in [0.4, 0.5) is 17.6 Å². The number of aromatic amines is 1. The zero-order valence-corrected chi connectivity index (χ0v) is 19.9. The number of halogens is 5. The maximum Gasteiger partial charge on any atom is 0.422 e. The third kappa shape index (κ3) is 4.66. The highest BCUT2D eigenvalue weighted by Gasteiger charge is 2.56. The first kappa shape index (κ1) is 25.6. The molecule has 188 valence electrons. The van der Waals surface area contributed by atoms with Gasteiger partial charge in [-0.2, -0.15) is 13.2 Å². The van der Waals surface area contributed by atoms with Crippen molar-refractivity contribution in [2.45, 2.75) is 24.6 Å². The monoisotopic (exact) mass is 522 g/mol. The van der Waals surface area contributed by atoms with E-state index in [0.29, 0.717) is 5.52 Å². The van der Waals surface area contributed by atoms with Gasteiger partial charge in [0.15, 0.2) is 16.8 Å². The van der Waals surface area contributed by atoms with E-state index < -0.39 is 41.9 Å². The van der Waals surface area contributed by atoms with Crippen LogP contribution >= 0.6 is 11.6 Å². The van der Waals surface area contributed by atoms with Crippen molar-refractivity contribution in [3.05, 3.63) is 77.0 Å². The van der Waals surface area contributed by atoms with Crippen LogP contribution in [-0.4, -0.2) is 34.1 Å². The molecule has 0 radical (unpaired) electrons. The lowest BCUT2D eigenvalue weighted by Crippen LogP contribution is -2.43. The van der Waals surface area contributed by atoms with Gasteiger partial charge in [0.2, 0.25) is 11.9 Å². The van der Waals surface area contributed by atoms with Gasteiger partial charge in [0.1, 0.15) is 17.3 Å². The number of rotatable bonds is 7. The summed E-state index contributed by atoms with van der Waals surface area (Å²) in [7, 11) is 3.10. The number of ether oxygens (including phenoxy) is 1. The van der Waals surface area contributed by atoms with Crippen molar-refractivity contribution in [1.29, 1.82) is 0 Å². The zero-order chi connectivity index (χ0) is 26.3. The Balaban J connectivity index is 1.68. The molecular formula is C25H21ClF4N3O3+. The maximum absolute atomic E-state index is 14.2. The standard InChI is InChI=1S/C25H20ClF4N3O3/c1-33-13-31-18-12-14(4-6-19(18)33)20(34)9-10-24(35,25(28,29)30)22-8-7-21(36-2)23(32-22)15-3-5-17(27)16(26)11-15/h3-8,11-13,35H,9-10H2,1-2H3/p+1. The maximum atomic E-state index is 14.2. The number of nitrogens with zero attached hydrogens (tertiary/aromatic N) is 2. The van der Waals surface area contributed by atoms with Crippen LogP contribution in [0, 0.1) is 5.82 Å². The predicted molar refractivity (Wildman–Crippen MR) is 124 cm³/mol. The molecule has 0 spiro atoms. The Bertz CT molecular complexity index is 1450. The lowest BCUT2D eigenvalue weighted by atomic mass is 9.89. The number of pyridine rings is 1. The fraction of sp³-hybridized carbons (Fsp3) is 0.240. The molecule has 2 heterocycles. The van der Waals surface area contributed by atoms with Gasteiger partial charge >= 0.3 is 6.18 Å². The average molecular weight is 523 g/mol. The number of aliphatic hydroxyl groups is 1. The second-order valence-corrected chi connectivity index (χ2v) is 8.68. The molecule has 1 atom stereocenters. The van der Waals surface area contributed by atoms with Crippen molar-refractivity contribution in [2.24, 2.45) is 7.05 Å². The van der Waals surface area contributed by atoms with Crippen molar-refractivity contribution in [2.75, 3.05) is 7.11 Å². The van der Waals surface area contributed by atoms with Gasteiger partial charge < -0.3 is 9.84 Å². The quantitative estimate of drug-likeness (QED) is 0.197. The van der Waals surface area contributed by atoms with Crippen LogP contribution in [0.25, 0.3) is 22.3 Å². The van der Waals surface area contributed by atoms with Crippen LogP contribution in [0.1, 0.15) is 28.9 Å². The highest BCUT2D eigenvalue weighted by atomic mass is 35.5. The van der Waals surface area contributed by atoms with E-state index in [1.165, 1.54) is 31.4 Å². The van der Waals surface area contributed by atoms with Crippen molar-refractivity contribution in [1.82, 2.24) is 9.97 Å². The number of benzene rings is 2. The highest BCUT2D eigenvalue weighted by molar-refractivity contribution is 6.31. The second-order valence-electron chi connectivity index (χ2n) is 8.27. The molecule has 0 saturated heterocycles. The van der Waals surface area contributed by atoms with Crippen LogP contribution in [0.5, 0.6) is 5.75 Å². The number of fused-ring (bicyclic) bond motifs is 1. The Morgan fingerprint density at radius 3 is 2.58 bits per heavy atom. The summed E-state index contributed by atoms with van der Waals surface area (Å²) < 4.78 is 63.1. The molecule has 6 nitrogen and oxygen atoms in total. The molecule has 0 fully saturated rings. The van der Waals surface area contributed by atoms with Crippen LogP contribution in [0.15, 0.2) is 54.9 Å². The number of methoxy groups -OCH3 is 1. The number of aryl methyl sites for hydroxylation is 1. The molecule has 2 aromatic carbocycles. The number of alkyl halides is 3. The number of carbonyl (C=O) groups is 1. The summed E-state index contributed by atoms with van der Waals surface area (Å²) in [5, 5.41) is 10.6. The van der Waals surface area contributed by atoms with E-state index in [1.54, 1.807) is 30.1 Å². The lowest BCUT2D eigenvalue weighted by Gasteiger charge is -2.30. The van der Waals surface area contributed by atoms with E-state index in [-0.39, 0.29) is 27.6 Å². The third-order valence-corrected chi connectivity index (χ3v) is 6.28. The number of hydrogen-bond donors (Lipinski definition) is 2. The first-order valence-electron chi connectivity index (χ1n) is 10.7. The minimum absolute atomic E-state index is 0.0732. The summed E-state index contributed by atoms with van der Waals surface area (Å²) in [5.41, 5.74) is -2.38. The molecule has 36 heavy (non-hydrogen) atoms. The van der Waals surface area contributed by atoms with E-state index in [4.69, 9.17) is 16.3 Å². The fourth-order valence-corrected chi connectivity index (χ4v) is 4.09. The van der Waals surface area contributed by atoms with Crippen LogP contribution in [0.2, 0.25) is 5.02 Å². The summed E-state index contributed by atoms with van der Waals surface area (Å²) >= 11 is 5.83. The van der Waals surface area contributed by atoms with Crippen molar-refractivity contribution in [3.8, 4) is 17.0 Å². The van der Waals surface area contributed by atoms with Gasteiger partial charge in [-0.1, -0.05) is 11.6 Å². The van der Waals surface area contributed by atoms with Gasteiger partial charge in [-0.25, -0.2) is 18.9 Å². The summed E-state index contributed by atoms with van der Waals surface area (Å²) in [6, 6.07) is 10.5. The number of carbonyl (C=O) groups excluding carboxylic acids is 1. The smallest absolute Gasteiger partial charge is 0.422 e. The molecule has 4 aromatic rings. The number of Topliss-reactive ketones (excluding diaryl/α,β-unsaturated/α-hetero) is 1. The van der Waals surface area contributed by atoms with Crippen molar-refractivity contribution < 1.29 is 36.8 Å². The summed E-state index contributed by atoms with van der Waals surface area (Å²) in [5.74, 6) is -1.20.